The summed E-state index contributed by atoms with van der Waals surface area (Å²) < 4.78 is 0. The monoisotopic (exact) mass is 255 g/mol. The number of carboxylic acid groups (broad SMARTS) is 1. The minimum atomic E-state index is -0.800. The first-order valence-corrected chi connectivity index (χ1v) is 6.70. The van der Waals surface area contributed by atoms with Crippen LogP contribution in [-0.4, -0.2) is 53.2 Å². The Morgan fingerprint density at radius 3 is 2.44 bits per heavy atom. The highest BCUT2D eigenvalue weighted by Crippen LogP contribution is 2.17. The summed E-state index contributed by atoms with van der Waals surface area (Å²) in [7, 11) is 0. The lowest BCUT2D eigenvalue weighted by Crippen LogP contribution is -2.53. The summed E-state index contributed by atoms with van der Waals surface area (Å²) in [5.74, 6) is -1.21. The molecule has 0 bridgehead atoms. The highest BCUT2D eigenvalue weighted by molar-refractivity contribution is 5.76. The molecule has 2 N–H and O–H groups in total. The number of hydrogen-bond acceptors (Lipinski definition) is 3. The number of nitrogens with zero attached hydrogens (tertiary/aromatic N) is 2. The average Bonchev–Trinajstić information content (AvgIpc) is 2.40. The van der Waals surface area contributed by atoms with E-state index in [2.05, 4.69) is 5.43 Å². The largest absolute Gasteiger partial charge is 0.481 e. The number of nitrogens with one attached hydrogen (secondary N) is 1. The maximum Gasteiger partial charge on any atom is 0.331 e. The van der Waals surface area contributed by atoms with E-state index < -0.39 is 11.9 Å². The van der Waals surface area contributed by atoms with Crippen LogP contribution < -0.4 is 5.43 Å². The third-order valence-corrected chi connectivity index (χ3v) is 3.67. The minimum Gasteiger partial charge on any atom is -0.481 e. The van der Waals surface area contributed by atoms with Crippen LogP contribution in [0.1, 0.15) is 32.1 Å². The molecule has 2 fully saturated rings. The Labute approximate surface area is 107 Å². The van der Waals surface area contributed by atoms with Gasteiger partial charge in [0.15, 0.2) is 0 Å². The molecule has 18 heavy (non-hydrogen) atoms. The van der Waals surface area contributed by atoms with Crippen molar-refractivity contribution in [1.82, 2.24) is 15.3 Å². The lowest BCUT2D eigenvalue weighted by atomic mass is 9.99. The number of urea groups is 1. The molecule has 0 unspecified atom stereocenters. The van der Waals surface area contributed by atoms with Crippen molar-refractivity contribution >= 4 is 12.0 Å². The van der Waals surface area contributed by atoms with Crippen LogP contribution in [0.5, 0.6) is 0 Å². The van der Waals surface area contributed by atoms with Crippen LogP contribution in [0.3, 0.4) is 0 Å². The van der Waals surface area contributed by atoms with Crippen LogP contribution >= 0.6 is 0 Å². The number of hydrazine groups is 1. The zero-order chi connectivity index (χ0) is 13.0. The molecule has 2 heterocycles. The van der Waals surface area contributed by atoms with Crippen LogP contribution in [0.4, 0.5) is 4.79 Å². The molecule has 0 spiro atoms. The van der Waals surface area contributed by atoms with Crippen LogP contribution in [0.25, 0.3) is 0 Å². The summed E-state index contributed by atoms with van der Waals surface area (Å²) in [6.45, 7) is 2.77. The van der Waals surface area contributed by atoms with Gasteiger partial charge in [-0.15, -0.1) is 0 Å². The van der Waals surface area contributed by atoms with Gasteiger partial charge in [-0.05, 0) is 25.7 Å². The van der Waals surface area contributed by atoms with Crippen molar-refractivity contribution in [1.29, 1.82) is 0 Å². The fourth-order valence-electron chi connectivity index (χ4n) is 2.57. The first-order chi connectivity index (χ1) is 8.66. The molecule has 0 aromatic heterocycles. The molecule has 2 rings (SSSR count). The van der Waals surface area contributed by atoms with Crippen LogP contribution in [0.15, 0.2) is 0 Å². The van der Waals surface area contributed by atoms with Crippen LogP contribution in [0, 0.1) is 5.92 Å². The van der Waals surface area contributed by atoms with Crippen molar-refractivity contribution in [3.05, 3.63) is 0 Å². The molecule has 0 aromatic rings. The second kappa shape index (κ2) is 6.04. The molecule has 0 aromatic carbocycles. The zero-order valence-electron chi connectivity index (χ0n) is 10.6. The number of aliphatic carboxylic acids is 1. The van der Waals surface area contributed by atoms with E-state index in [0.717, 1.165) is 32.4 Å². The number of piperidine rings is 2. The number of amides is 2. The molecular weight excluding hydrogens is 234 g/mol. The number of rotatable bonds is 2. The molecule has 1 atom stereocenters. The summed E-state index contributed by atoms with van der Waals surface area (Å²) in [4.78, 5) is 24.6. The van der Waals surface area contributed by atoms with Gasteiger partial charge >= 0.3 is 12.0 Å². The zero-order valence-corrected chi connectivity index (χ0v) is 10.6. The second-order valence-corrected chi connectivity index (χ2v) is 5.09. The first-order valence-electron chi connectivity index (χ1n) is 6.70. The number of carboxylic acids is 1. The maximum atomic E-state index is 12.0. The summed E-state index contributed by atoms with van der Waals surface area (Å²) >= 11 is 0. The molecule has 2 saturated heterocycles. The molecule has 2 aliphatic rings. The topological polar surface area (TPSA) is 72.9 Å². The lowest BCUT2D eigenvalue weighted by Gasteiger charge is -2.34. The molecule has 0 radical (unpaired) electrons. The first kappa shape index (κ1) is 13.1. The van der Waals surface area contributed by atoms with Gasteiger partial charge in [-0.3, -0.25) is 10.2 Å². The van der Waals surface area contributed by atoms with Gasteiger partial charge in [0.05, 0.1) is 5.92 Å². The summed E-state index contributed by atoms with van der Waals surface area (Å²) in [5.41, 5.74) is 2.88. The molecule has 102 valence electrons. The Kier molecular flexibility index (Phi) is 4.41. The standard InChI is InChI=1S/C12H21N3O3/c16-11(17)10-5-4-6-14(9-10)12(18)13-15-7-2-1-3-8-15/h10H,1-9H2,(H,13,18)(H,16,17)/t10-/m0/s1. The molecule has 6 heteroatoms. The summed E-state index contributed by atoms with van der Waals surface area (Å²) in [6.07, 6.45) is 4.88. The highest BCUT2D eigenvalue weighted by Gasteiger charge is 2.28. The molecule has 6 nitrogen and oxygen atoms in total. The van der Waals surface area contributed by atoms with Gasteiger partial charge < -0.3 is 10.0 Å². The predicted octanol–water partition coefficient (Wildman–Crippen LogP) is 0.893. The highest BCUT2D eigenvalue weighted by atomic mass is 16.4. The van der Waals surface area contributed by atoms with Gasteiger partial charge in [0.25, 0.3) is 0 Å². The van der Waals surface area contributed by atoms with Gasteiger partial charge in [-0.25, -0.2) is 9.80 Å². The smallest absolute Gasteiger partial charge is 0.331 e. The Balaban J connectivity index is 1.82. The SMILES string of the molecule is O=C(O)[C@H]1CCCN(C(=O)NN2CCCCC2)C1. The number of likely N-dealkylation sites (tertiary alicyclic amines) is 1. The van der Waals surface area contributed by atoms with E-state index in [1.165, 1.54) is 6.42 Å². The van der Waals surface area contributed by atoms with Crippen molar-refractivity contribution in [3.8, 4) is 0 Å². The molecular formula is C12H21N3O3. The Bertz CT molecular complexity index is 316. The van der Waals surface area contributed by atoms with E-state index in [9.17, 15) is 9.59 Å². The van der Waals surface area contributed by atoms with Crippen molar-refractivity contribution in [2.24, 2.45) is 5.92 Å². The van der Waals surface area contributed by atoms with E-state index >= 15 is 0 Å². The van der Waals surface area contributed by atoms with Gasteiger partial charge in [0.1, 0.15) is 0 Å². The molecule has 0 saturated carbocycles. The Hall–Kier alpha value is -1.30. The van der Waals surface area contributed by atoms with Crippen molar-refractivity contribution in [3.63, 3.8) is 0 Å². The maximum absolute atomic E-state index is 12.0. The van der Waals surface area contributed by atoms with Gasteiger partial charge in [0.2, 0.25) is 0 Å². The second-order valence-electron chi connectivity index (χ2n) is 5.09. The van der Waals surface area contributed by atoms with Gasteiger partial charge in [-0.1, -0.05) is 6.42 Å². The van der Waals surface area contributed by atoms with E-state index in [-0.39, 0.29) is 6.03 Å². The molecule has 2 amide bonds. The molecule has 2 aliphatic heterocycles. The fourth-order valence-corrected chi connectivity index (χ4v) is 2.57. The normalized spacial score (nSPS) is 25.8. The van der Waals surface area contributed by atoms with Crippen LogP contribution in [-0.2, 0) is 4.79 Å². The minimum absolute atomic E-state index is 0.150. The van der Waals surface area contributed by atoms with Crippen molar-refractivity contribution in [2.75, 3.05) is 26.2 Å². The average molecular weight is 255 g/mol. The van der Waals surface area contributed by atoms with E-state index in [0.29, 0.717) is 19.5 Å². The van der Waals surface area contributed by atoms with Crippen molar-refractivity contribution < 1.29 is 14.7 Å². The van der Waals surface area contributed by atoms with E-state index in [4.69, 9.17) is 5.11 Å². The molecule has 0 aliphatic carbocycles. The summed E-state index contributed by atoms with van der Waals surface area (Å²) in [5, 5.41) is 10.9. The van der Waals surface area contributed by atoms with Gasteiger partial charge in [-0.2, -0.15) is 0 Å². The fraction of sp³-hybridized carbons (Fsp3) is 0.833. The van der Waals surface area contributed by atoms with Gasteiger partial charge in [0, 0.05) is 26.2 Å². The quantitative estimate of drug-likeness (QED) is 0.768. The Morgan fingerprint density at radius 2 is 1.78 bits per heavy atom. The number of hydrogen-bond donors (Lipinski definition) is 2. The van der Waals surface area contributed by atoms with E-state index in [1.807, 2.05) is 5.01 Å². The number of carbonyl (C=O) groups excluding carboxylic acids is 1. The lowest BCUT2D eigenvalue weighted by molar-refractivity contribution is -0.143. The van der Waals surface area contributed by atoms with E-state index in [1.54, 1.807) is 4.90 Å². The Morgan fingerprint density at radius 1 is 1.06 bits per heavy atom. The third-order valence-electron chi connectivity index (χ3n) is 3.67. The summed E-state index contributed by atoms with van der Waals surface area (Å²) in [6, 6.07) is -0.150. The van der Waals surface area contributed by atoms with Crippen LogP contribution in [0.2, 0.25) is 0 Å². The number of carbonyl (C=O) groups is 2. The predicted molar refractivity (Wildman–Crippen MR) is 65.9 cm³/mol. The van der Waals surface area contributed by atoms with Crippen molar-refractivity contribution in [2.45, 2.75) is 32.1 Å². The third kappa shape index (κ3) is 3.35.